The molecule has 3 heteroatoms. The molecule has 0 atom stereocenters. The first-order chi connectivity index (χ1) is 14.8. The Bertz CT molecular complexity index is 1230. The Hall–Kier alpha value is -3.35. The van der Waals surface area contributed by atoms with Crippen molar-refractivity contribution in [1.82, 2.24) is 5.01 Å². The van der Waals surface area contributed by atoms with Gasteiger partial charge in [0.1, 0.15) is 0 Å². The van der Waals surface area contributed by atoms with Crippen LogP contribution in [0.4, 0.5) is 5.69 Å². The maximum atomic E-state index is 9.56. The van der Waals surface area contributed by atoms with Crippen LogP contribution in [-0.4, -0.2) is 18.1 Å². The second kappa shape index (κ2) is 8.18. The second-order valence-corrected chi connectivity index (χ2v) is 8.00. The molecule has 1 saturated heterocycles. The summed E-state index contributed by atoms with van der Waals surface area (Å²) in [6.45, 7) is 2.92. The third-order valence-electron chi connectivity index (χ3n) is 6.16. The van der Waals surface area contributed by atoms with E-state index in [1.54, 1.807) is 0 Å². The summed E-state index contributed by atoms with van der Waals surface area (Å²) in [6, 6.07) is 30.0. The minimum Gasteiger partial charge on any atom is -0.305 e. The molecular formula is C27H25N3. The molecule has 1 aliphatic rings. The Labute approximate surface area is 177 Å². The summed E-state index contributed by atoms with van der Waals surface area (Å²) in [5, 5.41) is 19.3. The number of hydrogen-bond acceptors (Lipinski definition) is 3. The van der Waals surface area contributed by atoms with E-state index in [4.69, 9.17) is 0 Å². The molecule has 1 aliphatic heterocycles. The largest absolute Gasteiger partial charge is 0.305 e. The van der Waals surface area contributed by atoms with Crippen LogP contribution in [0.3, 0.4) is 0 Å². The van der Waals surface area contributed by atoms with E-state index in [2.05, 4.69) is 82.8 Å². The number of nitrogens with zero attached hydrogens (tertiary/aromatic N) is 3. The van der Waals surface area contributed by atoms with Crippen molar-refractivity contribution in [2.45, 2.75) is 25.8 Å². The van der Waals surface area contributed by atoms with E-state index in [-0.39, 0.29) is 0 Å². The van der Waals surface area contributed by atoms with Gasteiger partial charge < -0.3 is 5.01 Å². The Morgan fingerprint density at radius 2 is 1.43 bits per heavy atom. The minimum absolute atomic E-state index is 0.741. The van der Waals surface area contributed by atoms with E-state index in [9.17, 15) is 5.26 Å². The van der Waals surface area contributed by atoms with Gasteiger partial charge in [0.05, 0.1) is 17.3 Å². The fourth-order valence-corrected chi connectivity index (χ4v) is 4.66. The molecule has 0 radical (unpaired) electrons. The summed E-state index contributed by atoms with van der Waals surface area (Å²) in [7, 11) is 0. The van der Waals surface area contributed by atoms with Gasteiger partial charge in [-0.15, -0.1) is 0 Å². The molecule has 0 amide bonds. The van der Waals surface area contributed by atoms with Crippen molar-refractivity contribution in [2.24, 2.45) is 0 Å². The molecule has 0 N–H and O–H groups in total. The summed E-state index contributed by atoms with van der Waals surface area (Å²) >= 11 is 0. The zero-order chi connectivity index (χ0) is 20.3. The first kappa shape index (κ1) is 18.7. The highest BCUT2D eigenvalue weighted by Crippen LogP contribution is 2.33. The molecule has 1 fully saturated rings. The van der Waals surface area contributed by atoms with Gasteiger partial charge in [-0.1, -0.05) is 73.2 Å². The molecule has 3 nitrogen and oxygen atoms in total. The van der Waals surface area contributed by atoms with Gasteiger partial charge in [-0.05, 0) is 41.3 Å². The highest BCUT2D eigenvalue weighted by atomic mass is 15.6. The highest BCUT2D eigenvalue weighted by Gasteiger charge is 2.22. The lowest BCUT2D eigenvalue weighted by Crippen LogP contribution is -2.42. The number of hydrazine groups is 1. The van der Waals surface area contributed by atoms with E-state index in [1.807, 2.05) is 12.1 Å². The smallest absolute Gasteiger partial charge is 0.0998 e. The first-order valence-corrected chi connectivity index (χ1v) is 10.8. The molecule has 4 aromatic carbocycles. The average Bonchev–Trinajstić information content (AvgIpc) is 3.04. The third kappa shape index (κ3) is 3.40. The van der Waals surface area contributed by atoms with Crippen LogP contribution < -0.4 is 5.01 Å². The van der Waals surface area contributed by atoms with Crippen LogP contribution >= 0.6 is 0 Å². The predicted molar refractivity (Wildman–Crippen MR) is 124 cm³/mol. The number of benzene rings is 4. The van der Waals surface area contributed by atoms with Gasteiger partial charge in [0, 0.05) is 30.4 Å². The van der Waals surface area contributed by atoms with E-state index < -0.39 is 0 Å². The maximum Gasteiger partial charge on any atom is 0.0998 e. The Morgan fingerprint density at radius 1 is 0.700 bits per heavy atom. The van der Waals surface area contributed by atoms with Crippen molar-refractivity contribution < 1.29 is 0 Å². The van der Waals surface area contributed by atoms with Gasteiger partial charge in [0.2, 0.25) is 0 Å². The van der Waals surface area contributed by atoms with E-state index in [0.717, 1.165) is 36.0 Å². The van der Waals surface area contributed by atoms with E-state index >= 15 is 0 Å². The van der Waals surface area contributed by atoms with Gasteiger partial charge in [0.15, 0.2) is 0 Å². The quantitative estimate of drug-likeness (QED) is 0.412. The maximum absolute atomic E-state index is 9.56. The average molecular weight is 392 g/mol. The van der Waals surface area contributed by atoms with Crippen molar-refractivity contribution in [2.75, 3.05) is 18.1 Å². The molecule has 5 rings (SSSR count). The molecular weight excluding hydrogens is 366 g/mol. The highest BCUT2D eigenvalue weighted by molar-refractivity contribution is 5.97. The molecule has 30 heavy (non-hydrogen) atoms. The molecule has 0 spiro atoms. The summed E-state index contributed by atoms with van der Waals surface area (Å²) < 4.78 is 0. The van der Waals surface area contributed by atoms with Crippen LogP contribution in [-0.2, 0) is 6.54 Å². The van der Waals surface area contributed by atoms with Crippen LogP contribution in [0.5, 0.6) is 0 Å². The number of fused-ring (bicyclic) bond motifs is 2. The van der Waals surface area contributed by atoms with E-state index in [0.29, 0.717) is 0 Å². The molecule has 1 heterocycles. The molecule has 0 unspecified atom stereocenters. The van der Waals surface area contributed by atoms with Crippen molar-refractivity contribution in [3.8, 4) is 6.07 Å². The van der Waals surface area contributed by atoms with Crippen LogP contribution in [0.2, 0.25) is 0 Å². The zero-order valence-corrected chi connectivity index (χ0v) is 17.1. The lowest BCUT2D eigenvalue weighted by atomic mass is 10.0. The molecule has 0 aliphatic carbocycles. The monoisotopic (exact) mass is 391 g/mol. The van der Waals surface area contributed by atoms with Crippen LogP contribution in [0.1, 0.15) is 30.4 Å². The molecule has 0 bridgehead atoms. The normalized spacial score (nSPS) is 15.2. The summed E-state index contributed by atoms with van der Waals surface area (Å²) in [6.07, 6.45) is 3.63. The summed E-state index contributed by atoms with van der Waals surface area (Å²) in [5.41, 5.74) is 3.30. The van der Waals surface area contributed by atoms with Gasteiger partial charge in [-0.2, -0.15) is 5.26 Å². The summed E-state index contributed by atoms with van der Waals surface area (Å²) in [5.74, 6) is 0. The SMILES string of the molecule is N#Cc1ccc(N2CCCCCN2Cc2cccc3ccccc23)c2ccccc12. The fraction of sp³-hybridized carbons (Fsp3) is 0.222. The van der Waals surface area contributed by atoms with Gasteiger partial charge in [-0.25, -0.2) is 5.01 Å². The van der Waals surface area contributed by atoms with Crippen molar-refractivity contribution in [1.29, 1.82) is 5.26 Å². The zero-order valence-electron chi connectivity index (χ0n) is 17.1. The lowest BCUT2D eigenvalue weighted by molar-refractivity contribution is 0.254. The molecule has 4 aromatic rings. The second-order valence-electron chi connectivity index (χ2n) is 8.00. The van der Waals surface area contributed by atoms with Gasteiger partial charge >= 0.3 is 0 Å². The standard InChI is InChI=1S/C27H25N3/c28-19-22-15-16-27(26-14-5-4-13-25(22)26)30-18-7-1-6-17-29(30)20-23-11-8-10-21-9-2-3-12-24(21)23/h2-5,8-16H,1,6-7,17-18,20H2. The first-order valence-electron chi connectivity index (χ1n) is 10.8. The van der Waals surface area contributed by atoms with Crippen molar-refractivity contribution in [3.05, 3.63) is 90.0 Å². The Kier molecular flexibility index (Phi) is 5.09. The van der Waals surface area contributed by atoms with Crippen LogP contribution in [0, 0.1) is 11.3 Å². The predicted octanol–water partition coefficient (Wildman–Crippen LogP) is 6.27. The van der Waals surface area contributed by atoms with Gasteiger partial charge in [0.25, 0.3) is 0 Å². The molecule has 0 aromatic heterocycles. The molecule has 0 saturated carbocycles. The lowest BCUT2D eigenvalue weighted by Gasteiger charge is -2.36. The number of hydrogen-bond donors (Lipinski definition) is 0. The number of rotatable bonds is 3. The van der Waals surface area contributed by atoms with Crippen molar-refractivity contribution in [3.63, 3.8) is 0 Å². The number of anilines is 1. The number of nitriles is 1. The van der Waals surface area contributed by atoms with Gasteiger partial charge in [-0.3, -0.25) is 0 Å². The topological polar surface area (TPSA) is 30.3 Å². The third-order valence-corrected chi connectivity index (χ3v) is 6.16. The molecule has 148 valence electrons. The Morgan fingerprint density at radius 3 is 2.30 bits per heavy atom. The Balaban J connectivity index is 1.58. The van der Waals surface area contributed by atoms with Crippen molar-refractivity contribution >= 4 is 27.2 Å². The van der Waals surface area contributed by atoms with E-state index in [1.165, 1.54) is 41.3 Å². The fourth-order valence-electron chi connectivity index (χ4n) is 4.66. The summed E-state index contributed by atoms with van der Waals surface area (Å²) in [4.78, 5) is 0. The minimum atomic E-state index is 0.741. The van der Waals surface area contributed by atoms with Crippen LogP contribution in [0.25, 0.3) is 21.5 Å². The van der Waals surface area contributed by atoms with Crippen LogP contribution in [0.15, 0.2) is 78.9 Å².